The fourth-order valence-electron chi connectivity index (χ4n) is 12.4. The van der Waals surface area contributed by atoms with Gasteiger partial charge in [-0.05, 0) is 25.7 Å². The molecule has 0 saturated carbocycles. The van der Waals surface area contributed by atoms with Gasteiger partial charge in [0.25, 0.3) is 5.79 Å². The number of carboxylic acids is 1. The van der Waals surface area contributed by atoms with Crippen molar-refractivity contribution in [2.45, 2.75) is 261 Å². The Morgan fingerprint density at radius 2 is 1.18 bits per heavy atom. The average Bonchev–Trinajstić information content (AvgIpc) is 0.865. The van der Waals surface area contributed by atoms with Gasteiger partial charge in [0.2, 0.25) is 17.7 Å². The van der Waals surface area contributed by atoms with Crippen molar-refractivity contribution in [3.8, 4) is 0 Å². The highest BCUT2D eigenvalue weighted by Crippen LogP contribution is 2.41. The molecule has 0 spiro atoms. The minimum absolute atomic E-state index is 0.0139. The van der Waals surface area contributed by atoms with Gasteiger partial charge in [-0.25, -0.2) is 9.59 Å². The second-order valence-electron chi connectivity index (χ2n) is 24.0. The predicted octanol–water partition coefficient (Wildman–Crippen LogP) is -9.22. The van der Waals surface area contributed by atoms with Crippen LogP contribution in [-0.2, 0) is 66.5 Å². The van der Waals surface area contributed by atoms with E-state index < -0.39 is 216 Å². The lowest BCUT2D eigenvalue weighted by molar-refractivity contribution is -0.403. The number of unbranched alkanes of at least 4 members (excludes halogenated alkanes) is 6. The third kappa shape index (κ3) is 18.6. The molecular weight excluding hydrogens is 1260 g/mol. The number of nitrogens with one attached hydrogen (secondary N) is 5. The molecule has 29 atom stereocenters. The molecule has 7 heterocycles. The molecule has 0 radical (unpaired) electrons. The zero-order valence-electron chi connectivity index (χ0n) is 50.8. The summed E-state index contributed by atoms with van der Waals surface area (Å²) >= 11 is 1.84. The molecule has 0 aromatic heterocycles. The smallest absolute Gasteiger partial charge is 0.364 e. The topological polar surface area (TPSA) is 561 Å². The number of hydrogen-bond acceptors (Lipinski definition) is 31. The molecule has 0 aliphatic carbocycles. The number of rotatable bonds is 33. The minimum atomic E-state index is -3.34. The molecule has 0 aromatic rings. The van der Waals surface area contributed by atoms with E-state index in [1.165, 1.54) is 0 Å². The number of aliphatic hydroxyl groups excluding tert-OH is 15. The van der Waals surface area contributed by atoms with Gasteiger partial charge < -0.3 is 156 Å². The number of urea groups is 1. The Morgan fingerprint density at radius 3 is 1.84 bits per heavy atom. The maximum atomic E-state index is 13.7. The molecule has 7 fully saturated rings. The van der Waals surface area contributed by atoms with Crippen molar-refractivity contribution in [2.24, 2.45) is 0 Å². The number of thioether (sulfide) groups is 1. The summed E-state index contributed by atoms with van der Waals surface area (Å²) in [7, 11) is 0. The van der Waals surface area contributed by atoms with Crippen molar-refractivity contribution in [3.05, 3.63) is 0 Å². The summed E-state index contributed by atoms with van der Waals surface area (Å²) in [6.45, 7) is -2.87. The van der Waals surface area contributed by atoms with Crippen molar-refractivity contribution < 1.29 is 153 Å². The van der Waals surface area contributed by atoms with Crippen LogP contribution in [0.2, 0.25) is 0 Å². The standard InChI is InChI=1S/C55H93N5O31S/c1-22(66)57-34-25(68)15-55(53(79)80,90-47(34)36(71)26(69)16-61)91-48-43(78)52(86-30(20-65)45(48)88-49-35(58-23(2)67)46(38(73)28(18-63)83-49)89-51-41(76)39(74)37(72)27(17-62)84-51)87-44-29(19-64)85-50(42(77)40(44)75)82-14-10-6-4-3-5-9-13-56-32(70)12-8-7-11-31-33-24(21-92-31)59-54(81)60-33/h24-31,33-52,61-65,68-69,71-78H,3-21H2,1-2H3,(H,56,70)(H,57,66)(H,58,67)(H,79,80)(H2,59,60,81)/t24-,25-,26+,27+,28+,29+,30+,31-,33-,34+,35+,36+,37-,38-,39-,40+,41+,42+,43+,44+,45-,46+,47+,48+,49-,50+,51-,52-,55+/m0/s1. The number of fused-ring (bicyclic) bond motifs is 1. The van der Waals surface area contributed by atoms with E-state index in [0.717, 1.165) is 64.5 Å². The van der Waals surface area contributed by atoms with Crippen LogP contribution in [0.25, 0.3) is 0 Å². The van der Waals surface area contributed by atoms with Crippen molar-refractivity contribution in [3.63, 3.8) is 0 Å². The second kappa shape index (κ2) is 35.1. The molecule has 530 valence electrons. The first-order chi connectivity index (χ1) is 43.8. The Hall–Kier alpha value is -3.50. The maximum absolute atomic E-state index is 13.7. The van der Waals surface area contributed by atoms with Crippen LogP contribution in [-0.4, -0.2) is 340 Å². The van der Waals surface area contributed by atoms with Gasteiger partial charge in [0.15, 0.2) is 25.2 Å². The summed E-state index contributed by atoms with van der Waals surface area (Å²) in [5, 5.41) is 189. The van der Waals surface area contributed by atoms with Crippen molar-refractivity contribution in [1.82, 2.24) is 26.6 Å². The molecule has 7 saturated heterocycles. The molecule has 7 rings (SSSR count). The van der Waals surface area contributed by atoms with E-state index in [1.807, 2.05) is 11.8 Å². The van der Waals surface area contributed by atoms with Crippen LogP contribution < -0.4 is 26.6 Å². The van der Waals surface area contributed by atoms with E-state index in [-0.39, 0.29) is 30.6 Å². The number of carbonyl (C=O) groups excluding carboxylic acids is 4. The Kier molecular flexibility index (Phi) is 29.0. The van der Waals surface area contributed by atoms with Crippen LogP contribution in [0.15, 0.2) is 0 Å². The summed E-state index contributed by atoms with van der Waals surface area (Å²) in [5.74, 6) is -6.38. The molecule has 0 aromatic carbocycles. The third-order valence-electron chi connectivity index (χ3n) is 17.3. The van der Waals surface area contributed by atoms with Crippen LogP contribution in [0, 0.1) is 0 Å². The van der Waals surface area contributed by atoms with E-state index in [9.17, 15) is 106 Å². The van der Waals surface area contributed by atoms with Gasteiger partial charge in [0, 0.05) is 50.8 Å². The quantitative estimate of drug-likeness (QED) is 0.0214. The van der Waals surface area contributed by atoms with Gasteiger partial charge in [0.05, 0.1) is 57.3 Å². The Morgan fingerprint density at radius 1 is 0.620 bits per heavy atom. The number of carbonyl (C=O) groups is 5. The Labute approximate surface area is 532 Å². The highest BCUT2D eigenvalue weighted by molar-refractivity contribution is 8.00. The van der Waals surface area contributed by atoms with Crippen LogP contribution in [0.5, 0.6) is 0 Å². The molecule has 0 bridgehead atoms. The first-order valence-corrected chi connectivity index (χ1v) is 32.0. The van der Waals surface area contributed by atoms with Crippen LogP contribution in [0.1, 0.15) is 84.5 Å². The Balaban J connectivity index is 1.03. The van der Waals surface area contributed by atoms with E-state index in [2.05, 4.69) is 26.6 Å². The lowest BCUT2D eigenvalue weighted by Crippen LogP contribution is -2.72. The van der Waals surface area contributed by atoms with Gasteiger partial charge in [0.1, 0.15) is 116 Å². The summed E-state index contributed by atoms with van der Waals surface area (Å²) in [6.07, 6.45) is -40.5. The summed E-state index contributed by atoms with van der Waals surface area (Å²) < 4.78 is 59.2. The highest BCUT2D eigenvalue weighted by Gasteiger charge is 2.62. The third-order valence-corrected chi connectivity index (χ3v) is 18.8. The average molecular weight is 1350 g/mol. The van der Waals surface area contributed by atoms with Crippen molar-refractivity contribution in [2.75, 3.05) is 51.9 Å². The molecule has 36 nitrogen and oxygen atoms in total. The fraction of sp³-hybridized carbons (Fsp3) is 0.909. The van der Waals surface area contributed by atoms with Gasteiger partial charge in [-0.2, -0.15) is 11.8 Å². The largest absolute Gasteiger partial charge is 0.477 e. The number of aliphatic carboxylic acids is 1. The number of carboxylic acid groups (broad SMARTS) is 1. The van der Waals surface area contributed by atoms with E-state index >= 15 is 0 Å². The van der Waals surface area contributed by atoms with E-state index in [4.69, 9.17) is 47.4 Å². The normalized spacial score (nSPS) is 41.2. The minimum Gasteiger partial charge on any atom is -0.477 e. The molecule has 5 amide bonds. The Bertz CT molecular complexity index is 2350. The van der Waals surface area contributed by atoms with Crippen LogP contribution in [0.4, 0.5) is 4.79 Å². The fourth-order valence-corrected chi connectivity index (χ4v) is 13.9. The van der Waals surface area contributed by atoms with E-state index in [1.54, 1.807) is 0 Å². The number of hydrogen-bond donors (Lipinski definition) is 21. The maximum Gasteiger partial charge on any atom is 0.364 e. The van der Waals surface area contributed by atoms with Gasteiger partial charge in [-0.15, -0.1) is 0 Å². The summed E-state index contributed by atoms with van der Waals surface area (Å²) in [4.78, 5) is 63.0. The number of amides is 5. The summed E-state index contributed by atoms with van der Waals surface area (Å²) in [6, 6.07) is -3.46. The molecule has 21 N–H and O–H groups in total. The monoisotopic (exact) mass is 1350 g/mol. The lowest BCUT2D eigenvalue weighted by Gasteiger charge is -2.52. The lowest BCUT2D eigenvalue weighted by atomic mass is 9.88. The SMILES string of the molecule is CC(=O)N[C@H]1[C@H](O[C@@H]2[C@H](O[C@@]3(C(=O)O)C[C@H](O)[C@@H](NC(C)=O)[C@H]([C@H](O)[C@H](O)CO)O3)[C@@H](O)[C@H](O[C@H]3[C@H](O)[C@@H](O)[C@H](OCCCCCCCCNC(=O)CCCC[C@@H]4SC[C@@H]5NC(=O)N[C@@H]54)O[C@@H]3CO)O[C@@H]2CO)O[C@H](CO)[C@H](O)[C@@H]1O[C@@H]1O[C@H](CO)[C@H](O)[C@H](O)[C@H]1O. The highest BCUT2D eigenvalue weighted by atomic mass is 32.2. The van der Waals surface area contributed by atoms with Crippen molar-refractivity contribution in [1.29, 1.82) is 0 Å². The molecule has 0 unspecified atom stereocenters. The second-order valence-corrected chi connectivity index (χ2v) is 25.3. The van der Waals surface area contributed by atoms with Gasteiger partial charge in [-0.1, -0.05) is 32.1 Å². The molecule has 7 aliphatic rings. The molecule has 92 heavy (non-hydrogen) atoms. The first kappa shape index (κ1) is 75.9. The molecule has 37 heteroatoms. The molecule has 7 aliphatic heterocycles. The van der Waals surface area contributed by atoms with Gasteiger partial charge >= 0.3 is 12.0 Å². The summed E-state index contributed by atoms with van der Waals surface area (Å²) in [5.41, 5.74) is 0. The zero-order chi connectivity index (χ0) is 67.3. The van der Waals surface area contributed by atoms with Crippen LogP contribution >= 0.6 is 11.8 Å². The van der Waals surface area contributed by atoms with Gasteiger partial charge in [-0.3, -0.25) is 14.4 Å². The van der Waals surface area contributed by atoms with E-state index in [0.29, 0.717) is 31.1 Å². The first-order valence-electron chi connectivity index (χ1n) is 31.0. The zero-order valence-corrected chi connectivity index (χ0v) is 51.6. The van der Waals surface area contributed by atoms with Crippen LogP contribution in [0.3, 0.4) is 0 Å². The number of aliphatic hydroxyl groups is 15. The number of ether oxygens (including phenoxy) is 10. The molecular formula is C55H93N5O31S. The van der Waals surface area contributed by atoms with Crippen molar-refractivity contribution >= 4 is 41.5 Å². The predicted molar refractivity (Wildman–Crippen MR) is 305 cm³/mol.